The number of nitrogen functional groups attached to an aromatic ring is 1. The first-order valence-electron chi connectivity index (χ1n) is 7.82. The Morgan fingerprint density at radius 2 is 1.96 bits per heavy atom. The zero-order chi connectivity index (χ0) is 17.8. The molecule has 1 heterocycles. The molecule has 0 saturated carbocycles. The van der Waals surface area contributed by atoms with E-state index in [0.29, 0.717) is 10.9 Å². The van der Waals surface area contributed by atoms with Crippen molar-refractivity contribution >= 4 is 28.1 Å². The van der Waals surface area contributed by atoms with E-state index in [-0.39, 0.29) is 12.5 Å². The third-order valence-corrected chi connectivity index (χ3v) is 4.20. The lowest BCUT2D eigenvalue weighted by Crippen LogP contribution is -2.20. The normalized spacial score (nSPS) is 10.5. The van der Waals surface area contributed by atoms with Gasteiger partial charge in [0.05, 0.1) is 5.69 Å². The van der Waals surface area contributed by atoms with Gasteiger partial charge < -0.3 is 15.8 Å². The van der Waals surface area contributed by atoms with Crippen LogP contribution >= 0.6 is 11.3 Å². The van der Waals surface area contributed by atoms with Gasteiger partial charge in [-0.3, -0.25) is 4.79 Å². The number of aryl methyl sites for hydroxylation is 2. The van der Waals surface area contributed by atoms with E-state index in [1.54, 1.807) is 0 Å². The molecule has 0 aliphatic rings. The van der Waals surface area contributed by atoms with Crippen LogP contribution in [0.2, 0.25) is 0 Å². The third kappa shape index (κ3) is 4.58. The third-order valence-electron chi connectivity index (χ3n) is 3.53. The second-order valence-corrected chi connectivity index (χ2v) is 6.70. The van der Waals surface area contributed by atoms with Crippen molar-refractivity contribution in [2.75, 3.05) is 17.7 Å². The molecule has 0 saturated heterocycles. The molecule has 2 aromatic carbocycles. The average molecular weight is 353 g/mol. The predicted molar refractivity (Wildman–Crippen MR) is 102 cm³/mol. The van der Waals surface area contributed by atoms with Crippen molar-refractivity contribution in [1.82, 2.24) is 4.98 Å². The molecule has 0 atom stereocenters. The highest BCUT2D eigenvalue weighted by Crippen LogP contribution is 2.26. The summed E-state index contributed by atoms with van der Waals surface area (Å²) in [6, 6.07) is 13.4. The van der Waals surface area contributed by atoms with E-state index in [1.807, 2.05) is 55.6 Å². The standard InChI is InChI=1S/C19H19N3O2S/c1-12-6-13(2)8-15(7-12)21-18(23)10-24-16-5-3-4-14(9-16)17-11-25-19(20)22-17/h3-9,11H,10H2,1-2H3,(H2,20,22)(H,21,23). The SMILES string of the molecule is Cc1cc(C)cc(NC(=O)COc2cccc(-c3csc(N)n3)c2)c1. The zero-order valence-electron chi connectivity index (χ0n) is 14.1. The van der Waals surface area contributed by atoms with Crippen molar-refractivity contribution < 1.29 is 9.53 Å². The Labute approximate surface area is 150 Å². The van der Waals surface area contributed by atoms with E-state index in [2.05, 4.69) is 16.4 Å². The molecule has 6 heteroatoms. The van der Waals surface area contributed by atoms with Crippen LogP contribution in [0.5, 0.6) is 5.75 Å². The molecule has 0 unspecified atom stereocenters. The first-order valence-corrected chi connectivity index (χ1v) is 8.70. The molecule has 1 aromatic heterocycles. The number of ether oxygens (including phenoxy) is 1. The highest BCUT2D eigenvalue weighted by molar-refractivity contribution is 7.13. The van der Waals surface area contributed by atoms with Gasteiger partial charge in [-0.25, -0.2) is 4.98 Å². The molecule has 0 aliphatic carbocycles. The summed E-state index contributed by atoms with van der Waals surface area (Å²) in [6.45, 7) is 3.93. The molecule has 0 fully saturated rings. The Kier molecular flexibility index (Phi) is 5.00. The maximum absolute atomic E-state index is 12.1. The lowest BCUT2D eigenvalue weighted by atomic mass is 10.1. The van der Waals surface area contributed by atoms with Crippen LogP contribution in [0.15, 0.2) is 47.8 Å². The Bertz CT molecular complexity index is 885. The molecule has 0 spiro atoms. The van der Waals surface area contributed by atoms with Gasteiger partial charge in [-0.05, 0) is 49.2 Å². The number of anilines is 2. The molecule has 25 heavy (non-hydrogen) atoms. The summed E-state index contributed by atoms with van der Waals surface area (Å²) in [4.78, 5) is 16.4. The largest absolute Gasteiger partial charge is 0.484 e. The fourth-order valence-electron chi connectivity index (χ4n) is 2.56. The molecule has 128 valence electrons. The smallest absolute Gasteiger partial charge is 0.262 e. The molecule has 3 rings (SSSR count). The number of rotatable bonds is 5. The lowest BCUT2D eigenvalue weighted by molar-refractivity contribution is -0.118. The number of carbonyl (C=O) groups is 1. The Morgan fingerprint density at radius 1 is 1.20 bits per heavy atom. The van der Waals surface area contributed by atoms with Crippen molar-refractivity contribution in [3.05, 3.63) is 59.0 Å². The summed E-state index contributed by atoms with van der Waals surface area (Å²) in [7, 11) is 0. The van der Waals surface area contributed by atoms with Crippen molar-refractivity contribution in [1.29, 1.82) is 0 Å². The summed E-state index contributed by atoms with van der Waals surface area (Å²) in [5.74, 6) is 0.410. The lowest BCUT2D eigenvalue weighted by Gasteiger charge is -2.09. The van der Waals surface area contributed by atoms with Crippen molar-refractivity contribution in [2.24, 2.45) is 0 Å². The van der Waals surface area contributed by atoms with Crippen molar-refractivity contribution in [3.8, 4) is 17.0 Å². The Morgan fingerprint density at radius 3 is 2.64 bits per heavy atom. The van der Waals surface area contributed by atoms with E-state index in [1.165, 1.54) is 11.3 Å². The molecule has 0 aliphatic heterocycles. The summed E-state index contributed by atoms with van der Waals surface area (Å²) in [5.41, 5.74) is 10.4. The van der Waals surface area contributed by atoms with E-state index < -0.39 is 0 Å². The first-order chi connectivity index (χ1) is 12.0. The van der Waals surface area contributed by atoms with Gasteiger partial charge in [-0.2, -0.15) is 0 Å². The molecular formula is C19H19N3O2S. The van der Waals surface area contributed by atoms with Crippen LogP contribution in [0.1, 0.15) is 11.1 Å². The Hall–Kier alpha value is -2.86. The maximum Gasteiger partial charge on any atom is 0.262 e. The van der Waals surface area contributed by atoms with E-state index in [4.69, 9.17) is 10.5 Å². The second-order valence-electron chi connectivity index (χ2n) is 5.81. The molecular weight excluding hydrogens is 334 g/mol. The van der Waals surface area contributed by atoms with Gasteiger partial charge in [-0.1, -0.05) is 18.2 Å². The van der Waals surface area contributed by atoms with Crippen LogP contribution in [-0.4, -0.2) is 17.5 Å². The average Bonchev–Trinajstić information content (AvgIpc) is 2.99. The first kappa shape index (κ1) is 17.0. The van der Waals surface area contributed by atoms with Gasteiger partial charge in [0, 0.05) is 16.6 Å². The highest BCUT2D eigenvalue weighted by atomic mass is 32.1. The number of carbonyl (C=O) groups excluding carboxylic acids is 1. The molecule has 5 nitrogen and oxygen atoms in total. The number of hydrogen-bond donors (Lipinski definition) is 2. The van der Waals surface area contributed by atoms with Crippen molar-refractivity contribution in [2.45, 2.75) is 13.8 Å². The van der Waals surface area contributed by atoms with Crippen LogP contribution in [0.3, 0.4) is 0 Å². The van der Waals surface area contributed by atoms with Crippen LogP contribution in [0.4, 0.5) is 10.8 Å². The second kappa shape index (κ2) is 7.36. The number of hydrogen-bond acceptors (Lipinski definition) is 5. The fourth-order valence-corrected chi connectivity index (χ4v) is 3.13. The van der Waals surface area contributed by atoms with Gasteiger partial charge in [-0.15, -0.1) is 11.3 Å². The number of aromatic nitrogens is 1. The summed E-state index contributed by atoms with van der Waals surface area (Å²) in [6.07, 6.45) is 0. The number of nitrogens with zero attached hydrogens (tertiary/aromatic N) is 1. The van der Waals surface area contributed by atoms with Gasteiger partial charge >= 0.3 is 0 Å². The van der Waals surface area contributed by atoms with E-state index in [9.17, 15) is 4.79 Å². The molecule has 0 radical (unpaired) electrons. The topological polar surface area (TPSA) is 77.2 Å². The van der Waals surface area contributed by atoms with Crippen LogP contribution < -0.4 is 15.8 Å². The van der Waals surface area contributed by atoms with E-state index in [0.717, 1.165) is 28.1 Å². The van der Waals surface area contributed by atoms with Crippen molar-refractivity contribution in [3.63, 3.8) is 0 Å². The quantitative estimate of drug-likeness (QED) is 0.726. The minimum atomic E-state index is -0.201. The van der Waals surface area contributed by atoms with Gasteiger partial charge in [0.25, 0.3) is 5.91 Å². The maximum atomic E-state index is 12.1. The minimum absolute atomic E-state index is 0.0599. The van der Waals surface area contributed by atoms with Gasteiger partial charge in [0.2, 0.25) is 0 Å². The summed E-state index contributed by atoms with van der Waals surface area (Å²) >= 11 is 1.39. The number of amides is 1. The monoisotopic (exact) mass is 353 g/mol. The van der Waals surface area contributed by atoms with Crippen LogP contribution in [0, 0.1) is 13.8 Å². The van der Waals surface area contributed by atoms with Gasteiger partial charge in [0.15, 0.2) is 11.7 Å². The number of benzene rings is 2. The Balaban J connectivity index is 1.62. The van der Waals surface area contributed by atoms with Gasteiger partial charge in [0.1, 0.15) is 5.75 Å². The van der Waals surface area contributed by atoms with Crippen LogP contribution in [-0.2, 0) is 4.79 Å². The fraction of sp³-hybridized carbons (Fsp3) is 0.158. The van der Waals surface area contributed by atoms with E-state index >= 15 is 0 Å². The summed E-state index contributed by atoms with van der Waals surface area (Å²) < 4.78 is 5.60. The highest BCUT2D eigenvalue weighted by Gasteiger charge is 2.07. The molecule has 1 amide bonds. The predicted octanol–water partition coefficient (Wildman–Crippen LogP) is 4.03. The zero-order valence-corrected chi connectivity index (χ0v) is 14.9. The number of thiazole rings is 1. The number of nitrogens with one attached hydrogen (secondary N) is 1. The molecule has 0 bridgehead atoms. The summed E-state index contributed by atoms with van der Waals surface area (Å²) in [5, 5.41) is 5.26. The number of nitrogens with two attached hydrogens (primary N) is 1. The van der Waals surface area contributed by atoms with Crippen LogP contribution in [0.25, 0.3) is 11.3 Å². The molecule has 3 aromatic rings. The molecule has 3 N–H and O–H groups in total. The minimum Gasteiger partial charge on any atom is -0.484 e.